The number of hydrogen-bond acceptors (Lipinski definition) is 8. The molecule has 118 heavy (non-hydrogen) atoms. The fraction of sp³-hybridized carbons (Fsp3) is 0. The fourth-order valence-corrected chi connectivity index (χ4v) is 19.3. The first-order valence-electron chi connectivity index (χ1n) is 39.9. The summed E-state index contributed by atoms with van der Waals surface area (Å²) in [5, 5.41) is 16.9. The summed E-state index contributed by atoms with van der Waals surface area (Å²) in [6, 6.07) is 134. The number of fused-ring (bicyclic) bond motifs is 24. The van der Waals surface area contributed by atoms with E-state index in [1.807, 2.05) is 36.4 Å². The lowest BCUT2D eigenvalue weighted by atomic mass is 9.96. The predicted molar refractivity (Wildman–Crippen MR) is 484 cm³/mol. The summed E-state index contributed by atoms with van der Waals surface area (Å²) in [5.41, 5.74) is 28.4. The largest absolute Gasteiger partial charge is 0.456 e. The summed E-state index contributed by atoms with van der Waals surface area (Å²) in [4.78, 5) is 4.75. The summed E-state index contributed by atoms with van der Waals surface area (Å²) in [7, 11) is 0. The molecular formula is C108H62N4O6. The molecule has 26 aromatic rings. The van der Waals surface area contributed by atoms with Crippen molar-refractivity contribution in [2.45, 2.75) is 0 Å². The van der Waals surface area contributed by atoms with Crippen LogP contribution in [0.5, 0.6) is 0 Å². The molecule has 18 aromatic carbocycles. The summed E-state index contributed by atoms with van der Waals surface area (Å²) in [6.45, 7) is 0. The van der Waals surface area contributed by atoms with Crippen molar-refractivity contribution in [2.24, 2.45) is 0 Å². The van der Waals surface area contributed by atoms with Crippen LogP contribution in [0.4, 0.5) is 34.1 Å². The van der Waals surface area contributed by atoms with Gasteiger partial charge < -0.3 is 45.4 Å². The highest BCUT2D eigenvalue weighted by Gasteiger charge is 2.29. The molecule has 0 aliphatic rings. The van der Waals surface area contributed by atoms with Crippen molar-refractivity contribution < 1.29 is 26.5 Å². The Morgan fingerprint density at radius 3 is 1.03 bits per heavy atom. The Balaban J connectivity index is 0.610. The lowest BCUT2D eigenvalue weighted by Gasteiger charge is -2.27. The molecule has 0 saturated carbocycles. The van der Waals surface area contributed by atoms with Crippen molar-refractivity contribution in [1.29, 1.82) is 0 Å². The zero-order chi connectivity index (χ0) is 77.0. The highest BCUT2D eigenvalue weighted by molar-refractivity contribution is 6.24. The van der Waals surface area contributed by atoms with Crippen LogP contribution >= 0.6 is 0 Å². The van der Waals surface area contributed by atoms with Gasteiger partial charge >= 0.3 is 0 Å². The second kappa shape index (κ2) is 24.7. The number of anilines is 6. The van der Waals surface area contributed by atoms with Crippen LogP contribution < -0.4 is 9.80 Å². The number of furan rings is 6. The lowest BCUT2D eigenvalue weighted by Crippen LogP contribution is -2.10. The van der Waals surface area contributed by atoms with Gasteiger partial charge in [-0.15, -0.1) is 0 Å². The van der Waals surface area contributed by atoms with Crippen molar-refractivity contribution in [3.05, 3.63) is 376 Å². The predicted octanol–water partition coefficient (Wildman–Crippen LogP) is 31.2. The van der Waals surface area contributed by atoms with Gasteiger partial charge in [-0.25, -0.2) is 0 Å². The van der Waals surface area contributed by atoms with Gasteiger partial charge in [0.25, 0.3) is 0 Å². The van der Waals surface area contributed by atoms with Crippen molar-refractivity contribution in [1.82, 2.24) is 9.13 Å². The normalized spacial score (nSPS) is 12.2. The van der Waals surface area contributed by atoms with E-state index in [4.69, 9.17) is 26.5 Å². The monoisotopic (exact) mass is 1510 g/mol. The molecule has 0 aliphatic carbocycles. The minimum atomic E-state index is 0.786. The molecule has 8 aromatic heterocycles. The molecule has 8 heterocycles. The number of aromatic nitrogens is 2. The van der Waals surface area contributed by atoms with Gasteiger partial charge in [0.2, 0.25) is 0 Å². The third kappa shape index (κ3) is 9.50. The molecule has 0 radical (unpaired) electrons. The summed E-state index contributed by atoms with van der Waals surface area (Å²) < 4.78 is 45.6. The van der Waals surface area contributed by atoms with E-state index in [2.05, 4.69) is 359 Å². The maximum atomic E-state index is 7.23. The number of benzene rings is 18. The SMILES string of the molecule is c1ccc(-n2c3cc(-c4ccc5c(c4)oc4ccc(N(c6ccc7oc8ccccc8c7c6)c6ccc(-c7cccc8c7c7ccccc7n8-c7ccccc7)c7oc8ccccc8c67)cc45)ccc3c3ccc(-c4ccc(N(c5ccc6oc7ccccc7c6c5)c5ccc6oc7ccccc7c6c5)c5c4oc4ccccc45)cc32)cc1. The van der Waals surface area contributed by atoms with Crippen molar-refractivity contribution in [2.75, 3.05) is 9.80 Å². The van der Waals surface area contributed by atoms with Gasteiger partial charge in [-0.1, -0.05) is 188 Å². The van der Waals surface area contributed by atoms with E-state index in [-0.39, 0.29) is 0 Å². The second-order valence-electron chi connectivity index (χ2n) is 30.9. The lowest BCUT2D eigenvalue weighted by molar-refractivity contribution is 0.668. The molecule has 0 bridgehead atoms. The topological polar surface area (TPSA) is 95.2 Å². The van der Waals surface area contributed by atoms with E-state index < -0.39 is 0 Å². The third-order valence-electron chi connectivity index (χ3n) is 24.5. The van der Waals surface area contributed by atoms with E-state index in [0.717, 1.165) is 249 Å². The van der Waals surface area contributed by atoms with E-state index >= 15 is 0 Å². The zero-order valence-electron chi connectivity index (χ0n) is 63.0. The average molecular weight is 1510 g/mol. The molecule has 0 spiro atoms. The Kier molecular flexibility index (Phi) is 13.5. The molecule has 0 unspecified atom stereocenters. The quantitative estimate of drug-likeness (QED) is 0.126. The second-order valence-corrected chi connectivity index (χ2v) is 30.9. The van der Waals surface area contributed by atoms with Crippen LogP contribution in [-0.2, 0) is 0 Å². The molecule has 0 aliphatic heterocycles. The first-order valence-corrected chi connectivity index (χ1v) is 39.9. The molecule has 0 atom stereocenters. The maximum absolute atomic E-state index is 7.23. The number of nitrogens with zero attached hydrogens (tertiary/aromatic N) is 4. The minimum absolute atomic E-state index is 0.786. The van der Waals surface area contributed by atoms with Crippen LogP contribution in [0.1, 0.15) is 0 Å². The van der Waals surface area contributed by atoms with Gasteiger partial charge in [0.1, 0.15) is 67.0 Å². The molecular weight excluding hydrogens is 1450 g/mol. The van der Waals surface area contributed by atoms with E-state index in [1.165, 1.54) is 5.39 Å². The van der Waals surface area contributed by atoms with Crippen molar-refractivity contribution >= 4 is 209 Å². The summed E-state index contributed by atoms with van der Waals surface area (Å²) >= 11 is 0. The van der Waals surface area contributed by atoms with Crippen LogP contribution in [-0.4, -0.2) is 9.13 Å². The van der Waals surface area contributed by atoms with Gasteiger partial charge in [-0.05, 0) is 210 Å². The number of hydrogen-bond donors (Lipinski definition) is 0. The van der Waals surface area contributed by atoms with Crippen LogP contribution in [0.3, 0.4) is 0 Å². The first-order chi connectivity index (χ1) is 58.5. The first kappa shape index (κ1) is 64.5. The number of rotatable bonds is 11. The molecule has 550 valence electrons. The van der Waals surface area contributed by atoms with Crippen LogP contribution in [0.25, 0.3) is 220 Å². The van der Waals surface area contributed by atoms with Gasteiger partial charge in [0.05, 0.1) is 44.2 Å². The molecule has 10 heteroatoms. The van der Waals surface area contributed by atoms with Crippen LogP contribution in [0.15, 0.2) is 403 Å². The van der Waals surface area contributed by atoms with Gasteiger partial charge in [0, 0.05) is 121 Å². The van der Waals surface area contributed by atoms with Crippen molar-refractivity contribution in [3.8, 4) is 44.8 Å². The zero-order valence-corrected chi connectivity index (χ0v) is 63.0. The van der Waals surface area contributed by atoms with E-state index in [1.54, 1.807) is 0 Å². The maximum Gasteiger partial charge on any atom is 0.145 e. The Morgan fingerprint density at radius 2 is 0.534 bits per heavy atom. The van der Waals surface area contributed by atoms with E-state index in [9.17, 15) is 0 Å². The molecule has 10 nitrogen and oxygen atoms in total. The Hall–Kier alpha value is -16.0. The molecule has 26 rings (SSSR count). The Labute approximate surface area is 671 Å². The molecule has 0 saturated heterocycles. The smallest absolute Gasteiger partial charge is 0.145 e. The standard InChI is InChI=1S/C108H62N4O6/c1-3-20-66(21-4-1)111-88-31-13-7-27-81(88)104-79(30-19-32-89(104)111)80-49-51-91(106-83-29-12-18-37-98(83)118-108(80)106)110(70-43-54-101-86(61-70)77-26-10-16-35-96(77)115-101)71-44-55-102-87(62-71)78-47-39-64(58-103(78)116-102)63-38-45-73-74-46-40-65(57-93(74)112(92(73)56-63)67-22-5-2-6-23-67)72-48-50-90(105-82-28-11-17-36-97(82)117-107(72)105)109(68-41-52-99-84(59-68)75-24-8-14-33-94(75)113-99)69-42-53-100-85(60-69)76-25-9-15-34-95(76)114-100/h1-62H. The fourth-order valence-electron chi connectivity index (χ4n) is 19.3. The Bertz CT molecular complexity index is 8630. The Morgan fingerprint density at radius 1 is 0.178 bits per heavy atom. The molecule has 0 amide bonds. The number of para-hydroxylation sites is 8. The average Bonchev–Trinajstić information content (AvgIpc) is 1.55. The molecule has 0 fully saturated rings. The highest BCUT2D eigenvalue weighted by atomic mass is 16.3. The van der Waals surface area contributed by atoms with Gasteiger partial charge in [-0.3, -0.25) is 0 Å². The van der Waals surface area contributed by atoms with E-state index in [0.29, 0.717) is 0 Å². The van der Waals surface area contributed by atoms with Crippen LogP contribution in [0, 0.1) is 0 Å². The molecule has 0 N–H and O–H groups in total. The van der Waals surface area contributed by atoms with Gasteiger partial charge in [0.15, 0.2) is 0 Å². The minimum Gasteiger partial charge on any atom is -0.456 e. The summed E-state index contributed by atoms with van der Waals surface area (Å²) in [5.74, 6) is 0. The van der Waals surface area contributed by atoms with Crippen LogP contribution in [0.2, 0.25) is 0 Å². The third-order valence-corrected chi connectivity index (χ3v) is 24.5. The highest BCUT2D eigenvalue weighted by Crippen LogP contribution is 2.53. The van der Waals surface area contributed by atoms with Gasteiger partial charge in [-0.2, -0.15) is 0 Å². The van der Waals surface area contributed by atoms with Crippen molar-refractivity contribution in [3.63, 3.8) is 0 Å². The summed E-state index contributed by atoms with van der Waals surface area (Å²) in [6.07, 6.45) is 0.